The molecule has 6 nitrogen and oxygen atoms in total. The third kappa shape index (κ3) is 6.17. The molecule has 2 rings (SSSR count). The Morgan fingerprint density at radius 1 is 1.08 bits per heavy atom. The average Bonchev–Trinajstić information content (AvgIpc) is 2.54. The maximum absolute atomic E-state index is 12.2. The minimum atomic E-state index is -0.444. The molecule has 0 atom stereocenters. The summed E-state index contributed by atoms with van der Waals surface area (Å²) in [6.45, 7) is 9.47. The average molecular weight is 355 g/mol. The van der Waals surface area contributed by atoms with Crippen LogP contribution in [0, 0.1) is 5.41 Å². The van der Waals surface area contributed by atoms with Gasteiger partial charge in [-0.15, -0.1) is 0 Å². The molecule has 0 aromatic heterocycles. The van der Waals surface area contributed by atoms with Crippen molar-refractivity contribution in [1.29, 1.82) is 0 Å². The Hall–Kier alpha value is -1.30. The van der Waals surface area contributed by atoms with Gasteiger partial charge in [0.1, 0.15) is 12.2 Å². The van der Waals surface area contributed by atoms with Gasteiger partial charge in [0, 0.05) is 13.1 Å². The second-order valence-electron chi connectivity index (χ2n) is 8.28. The number of hydrogen-bond acceptors (Lipinski definition) is 5. The Morgan fingerprint density at radius 2 is 1.68 bits per heavy atom. The lowest BCUT2D eigenvalue weighted by molar-refractivity contribution is -0.151. The van der Waals surface area contributed by atoms with Crippen LogP contribution in [0.4, 0.5) is 4.79 Å². The van der Waals surface area contributed by atoms with Crippen molar-refractivity contribution in [3.8, 4) is 0 Å². The molecule has 2 fully saturated rings. The first-order chi connectivity index (χ1) is 11.7. The molecule has 1 spiro atoms. The van der Waals surface area contributed by atoms with Gasteiger partial charge < -0.3 is 19.1 Å². The standard InChI is InChI=1S/C19H33NO5/c1-5-23-16(21)14-24-15-6-8-19(9-7-15)10-12-20(13-11-19)17(22)25-18(2,3)4/h15H,5-14H2,1-4H3. The van der Waals surface area contributed by atoms with Crippen molar-refractivity contribution in [3.63, 3.8) is 0 Å². The molecule has 25 heavy (non-hydrogen) atoms. The van der Waals surface area contributed by atoms with Crippen LogP contribution in [0.3, 0.4) is 0 Å². The molecule has 0 aromatic carbocycles. The summed E-state index contributed by atoms with van der Waals surface area (Å²) in [6.07, 6.45) is 6.16. The first-order valence-electron chi connectivity index (χ1n) is 9.48. The van der Waals surface area contributed by atoms with E-state index in [-0.39, 0.29) is 24.8 Å². The molecule has 1 aliphatic carbocycles. The van der Waals surface area contributed by atoms with Crippen LogP contribution in [-0.2, 0) is 19.0 Å². The van der Waals surface area contributed by atoms with Gasteiger partial charge in [0.05, 0.1) is 12.7 Å². The van der Waals surface area contributed by atoms with E-state index in [0.717, 1.165) is 51.6 Å². The van der Waals surface area contributed by atoms with E-state index in [9.17, 15) is 9.59 Å². The Bertz CT molecular complexity index is 453. The summed E-state index contributed by atoms with van der Waals surface area (Å²) in [7, 11) is 0. The van der Waals surface area contributed by atoms with Crippen molar-refractivity contribution < 1.29 is 23.8 Å². The summed E-state index contributed by atoms with van der Waals surface area (Å²) in [4.78, 5) is 25.4. The highest BCUT2D eigenvalue weighted by Gasteiger charge is 2.40. The highest BCUT2D eigenvalue weighted by molar-refractivity contribution is 5.70. The van der Waals surface area contributed by atoms with Crippen molar-refractivity contribution in [1.82, 2.24) is 4.90 Å². The number of esters is 1. The number of amides is 1. The van der Waals surface area contributed by atoms with Gasteiger partial charge in [-0.2, -0.15) is 0 Å². The lowest BCUT2D eigenvalue weighted by Crippen LogP contribution is -2.46. The first kappa shape index (κ1) is 20.0. The van der Waals surface area contributed by atoms with Crippen molar-refractivity contribution in [2.75, 3.05) is 26.3 Å². The van der Waals surface area contributed by atoms with Gasteiger partial charge >= 0.3 is 12.1 Å². The second kappa shape index (κ2) is 8.39. The number of likely N-dealkylation sites (tertiary alicyclic amines) is 1. The van der Waals surface area contributed by atoms with Gasteiger partial charge in [0.25, 0.3) is 0 Å². The van der Waals surface area contributed by atoms with Crippen LogP contribution in [0.1, 0.15) is 66.2 Å². The Morgan fingerprint density at radius 3 is 2.20 bits per heavy atom. The molecule has 1 saturated carbocycles. The van der Waals surface area contributed by atoms with E-state index in [1.54, 1.807) is 6.92 Å². The Labute approximate surface area is 151 Å². The molecule has 0 aromatic rings. The molecule has 144 valence electrons. The minimum Gasteiger partial charge on any atom is -0.464 e. The van der Waals surface area contributed by atoms with Crippen LogP contribution >= 0.6 is 0 Å². The number of carbonyl (C=O) groups excluding carboxylic acids is 2. The Balaban J connectivity index is 1.72. The summed E-state index contributed by atoms with van der Waals surface area (Å²) < 4.78 is 16.1. The van der Waals surface area contributed by atoms with Gasteiger partial charge in [-0.1, -0.05) is 0 Å². The molecule has 0 N–H and O–H groups in total. The number of nitrogens with zero attached hydrogens (tertiary/aromatic N) is 1. The maximum atomic E-state index is 12.2. The van der Waals surface area contributed by atoms with E-state index in [1.165, 1.54) is 0 Å². The SMILES string of the molecule is CCOC(=O)COC1CCC2(CC1)CCN(C(=O)OC(C)(C)C)CC2. The zero-order valence-electron chi connectivity index (χ0n) is 16.1. The number of rotatable bonds is 4. The van der Waals surface area contributed by atoms with Crippen LogP contribution < -0.4 is 0 Å². The van der Waals surface area contributed by atoms with E-state index in [4.69, 9.17) is 14.2 Å². The normalized spacial score (nSPS) is 21.2. The number of piperidine rings is 1. The van der Waals surface area contributed by atoms with E-state index in [1.807, 2.05) is 25.7 Å². The van der Waals surface area contributed by atoms with Crippen molar-refractivity contribution in [3.05, 3.63) is 0 Å². The highest BCUT2D eigenvalue weighted by atomic mass is 16.6. The van der Waals surface area contributed by atoms with Gasteiger partial charge in [0.2, 0.25) is 0 Å². The topological polar surface area (TPSA) is 65.1 Å². The summed E-state index contributed by atoms with van der Waals surface area (Å²) in [5.41, 5.74) is -0.122. The molecule has 0 unspecified atom stereocenters. The molecule has 0 radical (unpaired) electrons. The predicted molar refractivity (Wildman–Crippen MR) is 94.3 cm³/mol. The monoisotopic (exact) mass is 355 g/mol. The van der Waals surface area contributed by atoms with Gasteiger partial charge in [-0.05, 0) is 71.6 Å². The zero-order chi connectivity index (χ0) is 18.5. The Kier molecular flexibility index (Phi) is 6.72. The lowest BCUT2D eigenvalue weighted by Gasteiger charge is -2.45. The quantitative estimate of drug-likeness (QED) is 0.722. The third-order valence-electron chi connectivity index (χ3n) is 5.21. The van der Waals surface area contributed by atoms with Crippen molar-refractivity contribution in [2.45, 2.75) is 77.9 Å². The van der Waals surface area contributed by atoms with E-state index >= 15 is 0 Å². The number of ether oxygens (including phenoxy) is 3. The van der Waals surface area contributed by atoms with Gasteiger partial charge in [-0.3, -0.25) is 0 Å². The predicted octanol–water partition coefficient (Wildman–Crippen LogP) is 3.53. The molecule has 1 aliphatic heterocycles. The second-order valence-corrected chi connectivity index (χ2v) is 8.28. The molecule has 6 heteroatoms. The van der Waals surface area contributed by atoms with Gasteiger partial charge in [-0.25, -0.2) is 9.59 Å². The fraction of sp³-hybridized carbons (Fsp3) is 0.895. The van der Waals surface area contributed by atoms with Crippen molar-refractivity contribution in [2.24, 2.45) is 5.41 Å². The van der Waals surface area contributed by atoms with E-state index in [2.05, 4.69) is 0 Å². The molecule has 0 bridgehead atoms. The first-order valence-corrected chi connectivity index (χ1v) is 9.48. The summed E-state index contributed by atoms with van der Waals surface area (Å²) >= 11 is 0. The largest absolute Gasteiger partial charge is 0.464 e. The van der Waals surface area contributed by atoms with Gasteiger partial charge in [0.15, 0.2) is 0 Å². The maximum Gasteiger partial charge on any atom is 0.410 e. The number of carbonyl (C=O) groups is 2. The smallest absolute Gasteiger partial charge is 0.410 e. The van der Waals surface area contributed by atoms with E-state index in [0.29, 0.717) is 12.0 Å². The van der Waals surface area contributed by atoms with Crippen LogP contribution in [0.2, 0.25) is 0 Å². The summed E-state index contributed by atoms with van der Waals surface area (Å²) in [6, 6.07) is 0. The minimum absolute atomic E-state index is 0.0535. The number of hydrogen-bond donors (Lipinski definition) is 0. The molecular formula is C19H33NO5. The molecule has 1 amide bonds. The van der Waals surface area contributed by atoms with E-state index < -0.39 is 5.60 Å². The third-order valence-corrected chi connectivity index (χ3v) is 5.21. The summed E-state index contributed by atoms with van der Waals surface area (Å²) in [5.74, 6) is -0.284. The zero-order valence-corrected chi connectivity index (χ0v) is 16.1. The lowest BCUT2D eigenvalue weighted by atomic mass is 9.67. The fourth-order valence-corrected chi connectivity index (χ4v) is 3.75. The van der Waals surface area contributed by atoms with Crippen LogP contribution in [-0.4, -0.2) is 55.0 Å². The van der Waals surface area contributed by atoms with Crippen molar-refractivity contribution >= 4 is 12.1 Å². The molecule has 1 saturated heterocycles. The molecule has 2 aliphatic rings. The van der Waals surface area contributed by atoms with Crippen LogP contribution in [0.15, 0.2) is 0 Å². The molecule has 1 heterocycles. The summed E-state index contributed by atoms with van der Waals surface area (Å²) in [5, 5.41) is 0. The highest BCUT2D eigenvalue weighted by Crippen LogP contribution is 2.45. The molecular weight excluding hydrogens is 322 g/mol. The fourth-order valence-electron chi connectivity index (χ4n) is 3.75. The van der Waals surface area contributed by atoms with Crippen LogP contribution in [0.5, 0.6) is 0 Å². The van der Waals surface area contributed by atoms with Crippen LogP contribution in [0.25, 0.3) is 0 Å².